The number of nitrogens with zero attached hydrogens (tertiary/aromatic N) is 1. The molecule has 2 N–H and O–H groups in total. The van der Waals surface area contributed by atoms with Gasteiger partial charge in [-0.2, -0.15) is 0 Å². The fourth-order valence-electron chi connectivity index (χ4n) is 2.47. The number of rotatable bonds is 8. The highest BCUT2D eigenvalue weighted by molar-refractivity contribution is 7.89. The van der Waals surface area contributed by atoms with E-state index in [1.54, 1.807) is 12.1 Å². The van der Waals surface area contributed by atoms with Crippen LogP contribution in [0.15, 0.2) is 23.4 Å². The molecule has 112 valence electrons. The second kappa shape index (κ2) is 6.10. The zero-order valence-electron chi connectivity index (χ0n) is 12.1. The summed E-state index contributed by atoms with van der Waals surface area (Å²) in [5.41, 5.74) is 0.748. The highest BCUT2D eigenvalue weighted by Crippen LogP contribution is 2.49. The van der Waals surface area contributed by atoms with Crippen molar-refractivity contribution in [1.82, 2.24) is 9.71 Å². The van der Waals surface area contributed by atoms with Crippen LogP contribution in [-0.2, 0) is 10.0 Å². The molecule has 0 amide bonds. The highest BCUT2D eigenvalue weighted by atomic mass is 32.2. The van der Waals surface area contributed by atoms with E-state index in [4.69, 9.17) is 0 Å². The number of anilines is 1. The lowest BCUT2D eigenvalue weighted by molar-refractivity contribution is 0.449. The molecule has 1 aromatic rings. The average Bonchev–Trinajstić information content (AvgIpc) is 3.18. The molecular weight excluding hydrogens is 274 g/mol. The Balaban J connectivity index is 2.10. The Morgan fingerprint density at radius 1 is 1.35 bits per heavy atom. The lowest BCUT2D eigenvalue weighted by atomic mass is 10.0. The van der Waals surface area contributed by atoms with E-state index >= 15 is 0 Å². The summed E-state index contributed by atoms with van der Waals surface area (Å²) in [6.07, 6.45) is 5.91. The fourth-order valence-corrected chi connectivity index (χ4v) is 3.73. The van der Waals surface area contributed by atoms with Crippen LogP contribution in [0, 0.1) is 5.41 Å². The van der Waals surface area contributed by atoms with Gasteiger partial charge >= 0.3 is 0 Å². The van der Waals surface area contributed by atoms with E-state index in [0.29, 0.717) is 18.8 Å². The summed E-state index contributed by atoms with van der Waals surface area (Å²) in [6.45, 7) is 5.24. The number of pyridine rings is 1. The SMILES string of the molecule is CCCC1(CNS(=O)(=O)c2ncccc2NCC)CC1. The molecule has 1 saturated carbocycles. The molecule has 0 aromatic carbocycles. The van der Waals surface area contributed by atoms with Gasteiger partial charge in [0.15, 0.2) is 5.03 Å². The molecule has 2 rings (SSSR count). The van der Waals surface area contributed by atoms with Gasteiger partial charge in [-0.1, -0.05) is 13.3 Å². The number of aromatic nitrogens is 1. The van der Waals surface area contributed by atoms with Crippen molar-refractivity contribution in [1.29, 1.82) is 0 Å². The normalized spacial score (nSPS) is 16.9. The quantitative estimate of drug-likeness (QED) is 0.773. The minimum Gasteiger partial charge on any atom is -0.383 e. The molecule has 0 spiro atoms. The van der Waals surface area contributed by atoms with E-state index in [2.05, 4.69) is 21.9 Å². The maximum absolute atomic E-state index is 12.4. The van der Waals surface area contributed by atoms with Crippen molar-refractivity contribution in [2.75, 3.05) is 18.4 Å². The smallest absolute Gasteiger partial charge is 0.260 e. The second-order valence-electron chi connectivity index (χ2n) is 5.46. The molecule has 1 fully saturated rings. The van der Waals surface area contributed by atoms with Crippen LogP contribution in [0.2, 0.25) is 0 Å². The topological polar surface area (TPSA) is 71.1 Å². The van der Waals surface area contributed by atoms with E-state index in [0.717, 1.165) is 25.7 Å². The predicted octanol–water partition coefficient (Wildman–Crippen LogP) is 2.37. The van der Waals surface area contributed by atoms with E-state index in [9.17, 15) is 8.42 Å². The van der Waals surface area contributed by atoms with Gasteiger partial charge in [0.05, 0.1) is 5.69 Å². The monoisotopic (exact) mass is 297 g/mol. The summed E-state index contributed by atoms with van der Waals surface area (Å²) in [5, 5.41) is 3.13. The van der Waals surface area contributed by atoms with E-state index in [1.807, 2.05) is 6.92 Å². The zero-order chi connectivity index (χ0) is 14.6. The summed E-state index contributed by atoms with van der Waals surface area (Å²) < 4.78 is 27.5. The Bertz CT molecular complexity index is 553. The molecule has 5 nitrogen and oxygen atoms in total. The summed E-state index contributed by atoms with van der Waals surface area (Å²) >= 11 is 0. The van der Waals surface area contributed by atoms with Crippen LogP contribution in [0.4, 0.5) is 5.69 Å². The molecule has 1 aromatic heterocycles. The standard InChI is InChI=1S/C14H23N3O2S/c1-3-7-14(8-9-14)11-17-20(18,19)13-12(15-4-2)6-5-10-16-13/h5-6,10,15,17H,3-4,7-9,11H2,1-2H3. The second-order valence-corrected chi connectivity index (χ2v) is 7.14. The van der Waals surface area contributed by atoms with Gasteiger partial charge in [-0.15, -0.1) is 0 Å². The van der Waals surface area contributed by atoms with Crippen LogP contribution in [0.5, 0.6) is 0 Å². The minimum absolute atomic E-state index is 0.0918. The fraction of sp³-hybridized carbons (Fsp3) is 0.643. The van der Waals surface area contributed by atoms with Crippen molar-refractivity contribution in [3.63, 3.8) is 0 Å². The molecular formula is C14H23N3O2S. The van der Waals surface area contributed by atoms with Gasteiger partial charge < -0.3 is 5.32 Å². The van der Waals surface area contributed by atoms with E-state index in [-0.39, 0.29) is 10.4 Å². The lowest BCUT2D eigenvalue weighted by Crippen LogP contribution is -2.31. The van der Waals surface area contributed by atoms with Gasteiger partial charge in [-0.3, -0.25) is 0 Å². The summed E-state index contributed by atoms with van der Waals surface area (Å²) in [5.74, 6) is 0. The molecule has 0 unspecified atom stereocenters. The van der Waals surface area contributed by atoms with E-state index in [1.165, 1.54) is 6.20 Å². The first-order valence-corrected chi connectivity index (χ1v) is 8.70. The molecule has 0 aliphatic heterocycles. The predicted molar refractivity (Wildman–Crippen MR) is 80.2 cm³/mol. The molecule has 0 atom stereocenters. The zero-order valence-corrected chi connectivity index (χ0v) is 13.0. The highest BCUT2D eigenvalue weighted by Gasteiger charge is 2.42. The summed E-state index contributed by atoms with van der Waals surface area (Å²) in [7, 11) is -3.55. The first-order valence-electron chi connectivity index (χ1n) is 7.21. The van der Waals surface area contributed by atoms with Crippen molar-refractivity contribution in [3.05, 3.63) is 18.3 Å². The van der Waals surface area contributed by atoms with Crippen LogP contribution in [0.1, 0.15) is 39.5 Å². The largest absolute Gasteiger partial charge is 0.383 e. The minimum atomic E-state index is -3.55. The Kier molecular flexibility index (Phi) is 4.65. The lowest BCUT2D eigenvalue weighted by Gasteiger charge is -2.16. The van der Waals surface area contributed by atoms with Crippen LogP contribution in [0.3, 0.4) is 0 Å². The number of sulfonamides is 1. The van der Waals surface area contributed by atoms with Gasteiger partial charge in [0.1, 0.15) is 0 Å². The van der Waals surface area contributed by atoms with Gasteiger partial charge in [-0.25, -0.2) is 18.1 Å². The first-order chi connectivity index (χ1) is 9.53. The van der Waals surface area contributed by atoms with Gasteiger partial charge in [0.2, 0.25) is 0 Å². The molecule has 6 heteroatoms. The Labute approximate surface area is 121 Å². The maximum Gasteiger partial charge on any atom is 0.260 e. The number of hydrogen-bond donors (Lipinski definition) is 2. The molecule has 1 aliphatic rings. The summed E-state index contributed by atoms with van der Waals surface area (Å²) in [6, 6.07) is 3.47. The van der Waals surface area contributed by atoms with Gasteiger partial charge in [0.25, 0.3) is 10.0 Å². The Hall–Kier alpha value is -1.14. The Morgan fingerprint density at radius 3 is 2.70 bits per heavy atom. The molecule has 20 heavy (non-hydrogen) atoms. The molecule has 0 saturated heterocycles. The van der Waals surface area contributed by atoms with Crippen molar-refractivity contribution in [2.24, 2.45) is 5.41 Å². The van der Waals surface area contributed by atoms with Gasteiger partial charge in [-0.05, 0) is 43.7 Å². The van der Waals surface area contributed by atoms with Crippen molar-refractivity contribution >= 4 is 15.7 Å². The molecule has 0 bridgehead atoms. The van der Waals surface area contributed by atoms with Crippen LogP contribution >= 0.6 is 0 Å². The van der Waals surface area contributed by atoms with Crippen molar-refractivity contribution in [2.45, 2.75) is 44.6 Å². The van der Waals surface area contributed by atoms with E-state index < -0.39 is 10.0 Å². The van der Waals surface area contributed by atoms with Crippen LogP contribution in [0.25, 0.3) is 0 Å². The number of hydrogen-bond acceptors (Lipinski definition) is 4. The van der Waals surface area contributed by atoms with Crippen molar-refractivity contribution in [3.8, 4) is 0 Å². The van der Waals surface area contributed by atoms with Crippen LogP contribution < -0.4 is 10.0 Å². The molecule has 0 radical (unpaired) electrons. The third kappa shape index (κ3) is 3.49. The third-order valence-corrected chi connectivity index (χ3v) is 5.13. The van der Waals surface area contributed by atoms with Gasteiger partial charge in [0, 0.05) is 19.3 Å². The molecule has 1 aliphatic carbocycles. The van der Waals surface area contributed by atoms with Crippen molar-refractivity contribution < 1.29 is 8.42 Å². The molecule has 1 heterocycles. The first kappa shape index (κ1) is 15.3. The number of nitrogens with one attached hydrogen (secondary N) is 2. The Morgan fingerprint density at radius 2 is 2.10 bits per heavy atom. The third-order valence-electron chi connectivity index (χ3n) is 3.77. The van der Waals surface area contributed by atoms with Crippen LogP contribution in [-0.4, -0.2) is 26.5 Å². The average molecular weight is 297 g/mol. The summed E-state index contributed by atoms with van der Waals surface area (Å²) in [4.78, 5) is 4.02. The maximum atomic E-state index is 12.4.